The molecule has 0 amide bonds. The van der Waals surface area contributed by atoms with E-state index in [0.29, 0.717) is 6.54 Å². The Labute approximate surface area is 104 Å². The number of likely N-dealkylation sites (N-methyl/N-ethyl adjacent to an activating group) is 2. The van der Waals surface area contributed by atoms with Gasteiger partial charge in [-0.25, -0.2) is 0 Å². The molecule has 0 atom stereocenters. The quantitative estimate of drug-likeness (QED) is 0.833. The molecule has 4 heteroatoms. The molecule has 0 unspecified atom stereocenters. The van der Waals surface area contributed by atoms with Crippen molar-refractivity contribution in [2.45, 2.75) is 20.4 Å². The molecular weight excluding hydrogens is 212 g/mol. The van der Waals surface area contributed by atoms with E-state index in [1.54, 1.807) is 0 Å². The van der Waals surface area contributed by atoms with Crippen LogP contribution in [0.2, 0.25) is 0 Å². The summed E-state index contributed by atoms with van der Waals surface area (Å²) in [7, 11) is 6.28. The zero-order valence-corrected chi connectivity index (χ0v) is 11.6. The van der Waals surface area contributed by atoms with Gasteiger partial charge < -0.3 is 15.5 Å². The molecule has 17 heavy (non-hydrogen) atoms. The van der Waals surface area contributed by atoms with E-state index in [9.17, 15) is 0 Å². The van der Waals surface area contributed by atoms with Gasteiger partial charge in [0, 0.05) is 49.3 Å². The van der Waals surface area contributed by atoms with Crippen molar-refractivity contribution >= 4 is 5.69 Å². The number of hydrogen-bond acceptors (Lipinski definition) is 4. The summed E-state index contributed by atoms with van der Waals surface area (Å²) in [4.78, 5) is 8.90. The van der Waals surface area contributed by atoms with Crippen molar-refractivity contribution in [1.82, 2.24) is 9.88 Å². The Morgan fingerprint density at radius 3 is 2.35 bits per heavy atom. The molecule has 0 saturated carbocycles. The highest BCUT2D eigenvalue weighted by atomic mass is 15.2. The zero-order valence-electron chi connectivity index (χ0n) is 11.6. The van der Waals surface area contributed by atoms with Gasteiger partial charge in [0.1, 0.15) is 0 Å². The predicted molar refractivity (Wildman–Crippen MR) is 73.4 cm³/mol. The minimum absolute atomic E-state index is 0.542. The summed E-state index contributed by atoms with van der Waals surface area (Å²) in [5.74, 6) is 0. The first-order valence-electron chi connectivity index (χ1n) is 5.98. The number of rotatable bonds is 5. The van der Waals surface area contributed by atoms with Crippen molar-refractivity contribution in [2.75, 3.05) is 39.1 Å². The van der Waals surface area contributed by atoms with Gasteiger partial charge in [-0.2, -0.15) is 0 Å². The first-order valence-corrected chi connectivity index (χ1v) is 5.98. The average Bonchev–Trinajstić information content (AvgIpc) is 2.24. The molecule has 1 aromatic heterocycles. The molecule has 2 N–H and O–H groups in total. The standard InChI is InChI=1S/C13H24N4/c1-10-8-13(12(9-14)11(2)15-10)17(5)7-6-16(3)4/h8H,6-7,9,14H2,1-5H3. The number of aromatic nitrogens is 1. The minimum Gasteiger partial charge on any atom is -0.373 e. The summed E-state index contributed by atoms with van der Waals surface area (Å²) in [6.45, 7) is 6.61. The maximum absolute atomic E-state index is 5.82. The molecule has 0 aliphatic heterocycles. The predicted octanol–water partition coefficient (Wildman–Crippen LogP) is 1.15. The van der Waals surface area contributed by atoms with Crippen molar-refractivity contribution in [3.63, 3.8) is 0 Å². The van der Waals surface area contributed by atoms with Crippen LogP contribution in [0, 0.1) is 13.8 Å². The van der Waals surface area contributed by atoms with Crippen LogP contribution in [0.4, 0.5) is 5.69 Å². The van der Waals surface area contributed by atoms with Crippen LogP contribution in [0.5, 0.6) is 0 Å². The Kier molecular flexibility index (Phi) is 4.90. The lowest BCUT2D eigenvalue weighted by Crippen LogP contribution is -2.29. The molecule has 4 nitrogen and oxygen atoms in total. The van der Waals surface area contributed by atoms with E-state index in [1.165, 1.54) is 5.69 Å². The Bertz CT molecular complexity index is 374. The van der Waals surface area contributed by atoms with E-state index in [1.807, 2.05) is 13.8 Å². The summed E-state index contributed by atoms with van der Waals surface area (Å²) in [5.41, 5.74) is 10.3. The van der Waals surface area contributed by atoms with Gasteiger partial charge in [-0.05, 0) is 34.0 Å². The van der Waals surface area contributed by atoms with Crippen molar-refractivity contribution in [3.05, 3.63) is 23.0 Å². The second-order valence-electron chi connectivity index (χ2n) is 4.78. The Morgan fingerprint density at radius 2 is 1.82 bits per heavy atom. The monoisotopic (exact) mass is 236 g/mol. The molecule has 0 fully saturated rings. The third-order valence-electron chi connectivity index (χ3n) is 2.93. The van der Waals surface area contributed by atoms with E-state index in [2.05, 4.69) is 42.0 Å². The van der Waals surface area contributed by atoms with Crippen molar-refractivity contribution in [2.24, 2.45) is 5.73 Å². The number of anilines is 1. The Balaban J connectivity index is 2.95. The number of aryl methyl sites for hydroxylation is 2. The third-order valence-corrected chi connectivity index (χ3v) is 2.93. The van der Waals surface area contributed by atoms with E-state index < -0.39 is 0 Å². The fourth-order valence-electron chi connectivity index (χ4n) is 1.90. The highest BCUT2D eigenvalue weighted by Gasteiger charge is 2.11. The van der Waals surface area contributed by atoms with E-state index in [4.69, 9.17) is 5.73 Å². The first kappa shape index (κ1) is 13.9. The van der Waals surface area contributed by atoms with E-state index >= 15 is 0 Å². The van der Waals surface area contributed by atoms with Gasteiger partial charge >= 0.3 is 0 Å². The van der Waals surface area contributed by atoms with Crippen molar-refractivity contribution in [3.8, 4) is 0 Å². The molecule has 1 aromatic rings. The fourth-order valence-corrected chi connectivity index (χ4v) is 1.90. The van der Waals surface area contributed by atoms with Crippen LogP contribution in [-0.2, 0) is 6.54 Å². The summed E-state index contributed by atoms with van der Waals surface area (Å²) in [5, 5.41) is 0. The van der Waals surface area contributed by atoms with Gasteiger partial charge in [0.25, 0.3) is 0 Å². The second kappa shape index (κ2) is 5.98. The second-order valence-corrected chi connectivity index (χ2v) is 4.78. The molecule has 0 spiro atoms. The molecule has 1 rings (SSSR count). The Morgan fingerprint density at radius 1 is 1.18 bits per heavy atom. The normalized spacial score (nSPS) is 11.0. The van der Waals surface area contributed by atoms with Crippen LogP contribution in [0.15, 0.2) is 6.07 Å². The van der Waals surface area contributed by atoms with Crippen LogP contribution in [0.1, 0.15) is 17.0 Å². The van der Waals surface area contributed by atoms with Gasteiger partial charge in [-0.3, -0.25) is 4.98 Å². The SMILES string of the molecule is Cc1cc(N(C)CCN(C)C)c(CN)c(C)n1. The number of hydrogen-bond donors (Lipinski definition) is 1. The highest BCUT2D eigenvalue weighted by molar-refractivity contribution is 5.55. The van der Waals surface area contributed by atoms with Gasteiger partial charge in [-0.1, -0.05) is 0 Å². The minimum atomic E-state index is 0.542. The van der Waals surface area contributed by atoms with Crippen molar-refractivity contribution < 1.29 is 0 Å². The lowest BCUT2D eigenvalue weighted by Gasteiger charge is -2.25. The van der Waals surface area contributed by atoms with E-state index in [0.717, 1.165) is 30.0 Å². The van der Waals surface area contributed by atoms with Crippen LogP contribution in [0.25, 0.3) is 0 Å². The lowest BCUT2D eigenvalue weighted by atomic mass is 10.1. The smallest absolute Gasteiger partial charge is 0.0446 e. The molecule has 96 valence electrons. The fraction of sp³-hybridized carbons (Fsp3) is 0.615. The third kappa shape index (κ3) is 3.68. The molecule has 1 heterocycles. The van der Waals surface area contributed by atoms with Crippen LogP contribution < -0.4 is 10.6 Å². The van der Waals surface area contributed by atoms with Crippen LogP contribution in [0.3, 0.4) is 0 Å². The summed E-state index contributed by atoms with van der Waals surface area (Å²) in [6, 6.07) is 2.12. The molecular formula is C13H24N4. The molecule has 0 radical (unpaired) electrons. The summed E-state index contributed by atoms with van der Waals surface area (Å²) >= 11 is 0. The Hall–Kier alpha value is -1.13. The van der Waals surface area contributed by atoms with Crippen molar-refractivity contribution in [1.29, 1.82) is 0 Å². The molecule has 0 aromatic carbocycles. The van der Waals surface area contributed by atoms with Gasteiger partial charge in [0.2, 0.25) is 0 Å². The first-order chi connectivity index (χ1) is 7.95. The van der Waals surface area contributed by atoms with Gasteiger partial charge in [-0.15, -0.1) is 0 Å². The molecule has 0 aliphatic carbocycles. The zero-order chi connectivity index (χ0) is 13.0. The average molecular weight is 236 g/mol. The lowest BCUT2D eigenvalue weighted by molar-refractivity contribution is 0.416. The number of nitrogens with two attached hydrogens (primary N) is 1. The van der Waals surface area contributed by atoms with Crippen LogP contribution >= 0.6 is 0 Å². The number of nitrogens with zero attached hydrogens (tertiary/aromatic N) is 3. The van der Waals surface area contributed by atoms with Gasteiger partial charge in [0.05, 0.1) is 0 Å². The summed E-state index contributed by atoms with van der Waals surface area (Å²) in [6.07, 6.45) is 0. The topological polar surface area (TPSA) is 45.4 Å². The van der Waals surface area contributed by atoms with Crippen LogP contribution in [-0.4, -0.2) is 44.1 Å². The highest BCUT2D eigenvalue weighted by Crippen LogP contribution is 2.22. The largest absolute Gasteiger partial charge is 0.373 e. The maximum Gasteiger partial charge on any atom is 0.0446 e. The van der Waals surface area contributed by atoms with E-state index in [-0.39, 0.29) is 0 Å². The molecule has 0 saturated heterocycles. The number of pyridine rings is 1. The van der Waals surface area contributed by atoms with Gasteiger partial charge in [0.15, 0.2) is 0 Å². The molecule has 0 bridgehead atoms. The maximum atomic E-state index is 5.82. The molecule has 0 aliphatic rings. The summed E-state index contributed by atoms with van der Waals surface area (Å²) < 4.78 is 0.